The molecule has 1 fully saturated rings. The van der Waals surface area contributed by atoms with Crippen LogP contribution in [0.25, 0.3) is 0 Å². The van der Waals surface area contributed by atoms with E-state index in [0.29, 0.717) is 5.78 Å². The van der Waals surface area contributed by atoms with Gasteiger partial charge in [-0.3, -0.25) is 4.79 Å². The number of Topliss-reactive ketones (excluding diaryl/α,β-unsaturated/α-hetero) is 1. The number of rotatable bonds is 7. The molecular formula is C13H24O2. The highest BCUT2D eigenvalue weighted by Crippen LogP contribution is 2.25. The molecule has 0 aromatic rings. The van der Waals surface area contributed by atoms with Gasteiger partial charge in [0.15, 0.2) is 0 Å². The maximum absolute atomic E-state index is 11.9. The SMILES string of the molecule is CCCCCCC(=O)C1CCOC1CC. The molecule has 1 rings (SSSR count). The standard InChI is InChI=1S/C13H24O2/c1-3-5-6-7-8-12(14)11-9-10-15-13(11)4-2/h11,13H,3-10H2,1-2H3. The molecule has 0 amide bonds. The zero-order valence-electron chi connectivity index (χ0n) is 10.1. The van der Waals surface area contributed by atoms with Gasteiger partial charge in [0.1, 0.15) is 5.78 Å². The van der Waals surface area contributed by atoms with E-state index in [4.69, 9.17) is 4.74 Å². The van der Waals surface area contributed by atoms with Crippen LogP contribution in [0, 0.1) is 5.92 Å². The fourth-order valence-corrected chi connectivity index (χ4v) is 2.33. The molecule has 0 saturated carbocycles. The van der Waals surface area contributed by atoms with Gasteiger partial charge >= 0.3 is 0 Å². The smallest absolute Gasteiger partial charge is 0.138 e. The van der Waals surface area contributed by atoms with Gasteiger partial charge in [-0.1, -0.05) is 33.1 Å². The van der Waals surface area contributed by atoms with Crippen LogP contribution in [0.5, 0.6) is 0 Å². The minimum atomic E-state index is 0.205. The van der Waals surface area contributed by atoms with Gasteiger partial charge in [0.05, 0.1) is 6.10 Å². The third-order valence-corrected chi connectivity index (χ3v) is 3.30. The highest BCUT2D eigenvalue weighted by atomic mass is 16.5. The molecule has 1 saturated heterocycles. The van der Waals surface area contributed by atoms with Crippen molar-refractivity contribution in [3.05, 3.63) is 0 Å². The van der Waals surface area contributed by atoms with E-state index in [0.717, 1.165) is 32.3 Å². The van der Waals surface area contributed by atoms with Gasteiger partial charge in [-0.2, -0.15) is 0 Å². The number of hydrogen-bond donors (Lipinski definition) is 0. The lowest BCUT2D eigenvalue weighted by molar-refractivity contribution is -0.124. The predicted molar refractivity (Wildman–Crippen MR) is 61.9 cm³/mol. The summed E-state index contributed by atoms with van der Waals surface area (Å²) in [5.74, 6) is 0.645. The molecule has 0 N–H and O–H groups in total. The Hall–Kier alpha value is -0.370. The Labute approximate surface area is 93.4 Å². The fourth-order valence-electron chi connectivity index (χ4n) is 2.33. The molecule has 0 bridgehead atoms. The van der Waals surface area contributed by atoms with Crippen LogP contribution in [0.4, 0.5) is 0 Å². The van der Waals surface area contributed by atoms with Crippen molar-refractivity contribution in [2.24, 2.45) is 5.92 Å². The molecule has 0 radical (unpaired) electrons. The van der Waals surface area contributed by atoms with E-state index in [9.17, 15) is 4.79 Å². The molecule has 0 spiro atoms. The van der Waals surface area contributed by atoms with E-state index in [1.165, 1.54) is 19.3 Å². The van der Waals surface area contributed by atoms with Crippen LogP contribution >= 0.6 is 0 Å². The van der Waals surface area contributed by atoms with Gasteiger partial charge in [0, 0.05) is 18.9 Å². The van der Waals surface area contributed by atoms with E-state index >= 15 is 0 Å². The minimum Gasteiger partial charge on any atom is -0.377 e. The van der Waals surface area contributed by atoms with Crippen LogP contribution in [0.2, 0.25) is 0 Å². The molecule has 2 nitrogen and oxygen atoms in total. The maximum Gasteiger partial charge on any atom is 0.138 e. The summed E-state index contributed by atoms with van der Waals surface area (Å²) < 4.78 is 5.54. The summed E-state index contributed by atoms with van der Waals surface area (Å²) in [4.78, 5) is 11.9. The summed E-state index contributed by atoms with van der Waals surface area (Å²) in [5, 5.41) is 0. The number of carbonyl (C=O) groups excluding carboxylic acids is 1. The molecular weight excluding hydrogens is 188 g/mol. The zero-order chi connectivity index (χ0) is 11.1. The Morgan fingerprint density at radius 1 is 1.27 bits per heavy atom. The predicted octanol–water partition coefficient (Wildman–Crippen LogP) is 3.34. The molecule has 0 aliphatic carbocycles. The van der Waals surface area contributed by atoms with Gasteiger partial charge in [-0.05, 0) is 19.3 Å². The second kappa shape index (κ2) is 7.00. The van der Waals surface area contributed by atoms with E-state index in [1.54, 1.807) is 0 Å². The zero-order valence-corrected chi connectivity index (χ0v) is 10.1. The lowest BCUT2D eigenvalue weighted by atomic mass is 9.91. The molecule has 1 aliphatic heterocycles. The summed E-state index contributed by atoms with van der Waals surface area (Å²) in [6.07, 6.45) is 7.67. The van der Waals surface area contributed by atoms with Crippen LogP contribution in [0.3, 0.4) is 0 Å². The van der Waals surface area contributed by atoms with Crippen LogP contribution in [-0.2, 0) is 9.53 Å². The van der Waals surface area contributed by atoms with E-state index in [1.807, 2.05) is 0 Å². The van der Waals surface area contributed by atoms with Crippen molar-refractivity contribution >= 4 is 5.78 Å². The molecule has 15 heavy (non-hydrogen) atoms. The molecule has 0 aromatic carbocycles. The Kier molecular flexibility index (Phi) is 5.92. The van der Waals surface area contributed by atoms with Crippen LogP contribution < -0.4 is 0 Å². The van der Waals surface area contributed by atoms with E-state index in [2.05, 4.69) is 13.8 Å². The number of ether oxygens (including phenoxy) is 1. The van der Waals surface area contributed by atoms with Crippen LogP contribution in [0.15, 0.2) is 0 Å². The number of unbranched alkanes of at least 4 members (excludes halogenated alkanes) is 3. The van der Waals surface area contributed by atoms with Gasteiger partial charge in [0.2, 0.25) is 0 Å². The van der Waals surface area contributed by atoms with Crippen molar-refractivity contribution in [3.63, 3.8) is 0 Å². The highest BCUT2D eigenvalue weighted by molar-refractivity contribution is 5.81. The molecule has 1 aliphatic rings. The molecule has 88 valence electrons. The third-order valence-electron chi connectivity index (χ3n) is 3.30. The third kappa shape index (κ3) is 3.94. The van der Waals surface area contributed by atoms with Crippen molar-refractivity contribution in [1.82, 2.24) is 0 Å². The number of ketones is 1. The number of carbonyl (C=O) groups is 1. The summed E-state index contributed by atoms with van der Waals surface area (Å²) in [5.41, 5.74) is 0. The van der Waals surface area contributed by atoms with Crippen molar-refractivity contribution in [3.8, 4) is 0 Å². The normalized spacial score (nSPS) is 25.7. The summed E-state index contributed by atoms with van der Waals surface area (Å²) in [6, 6.07) is 0. The van der Waals surface area contributed by atoms with Crippen molar-refractivity contribution in [2.45, 2.75) is 64.9 Å². The lowest BCUT2D eigenvalue weighted by Gasteiger charge is -2.15. The average Bonchev–Trinajstić information content (AvgIpc) is 2.72. The highest BCUT2D eigenvalue weighted by Gasteiger charge is 2.31. The topological polar surface area (TPSA) is 26.3 Å². The van der Waals surface area contributed by atoms with Gasteiger partial charge in [-0.15, -0.1) is 0 Å². The average molecular weight is 212 g/mol. The van der Waals surface area contributed by atoms with E-state index in [-0.39, 0.29) is 12.0 Å². The van der Waals surface area contributed by atoms with E-state index < -0.39 is 0 Å². The molecule has 2 heteroatoms. The lowest BCUT2D eigenvalue weighted by Crippen LogP contribution is -2.23. The Morgan fingerprint density at radius 3 is 2.73 bits per heavy atom. The quantitative estimate of drug-likeness (QED) is 0.605. The second-order valence-corrected chi connectivity index (χ2v) is 4.49. The summed E-state index contributed by atoms with van der Waals surface area (Å²) >= 11 is 0. The Balaban J connectivity index is 2.21. The van der Waals surface area contributed by atoms with Crippen molar-refractivity contribution in [2.75, 3.05) is 6.61 Å². The molecule has 2 atom stereocenters. The monoisotopic (exact) mass is 212 g/mol. The fraction of sp³-hybridized carbons (Fsp3) is 0.923. The first kappa shape index (κ1) is 12.7. The van der Waals surface area contributed by atoms with Gasteiger partial charge in [-0.25, -0.2) is 0 Å². The van der Waals surface area contributed by atoms with Crippen molar-refractivity contribution < 1.29 is 9.53 Å². The first-order valence-corrected chi connectivity index (χ1v) is 6.43. The number of hydrogen-bond acceptors (Lipinski definition) is 2. The molecule has 0 aromatic heterocycles. The largest absolute Gasteiger partial charge is 0.377 e. The summed E-state index contributed by atoms with van der Waals surface area (Å²) in [7, 11) is 0. The van der Waals surface area contributed by atoms with Gasteiger partial charge < -0.3 is 4.74 Å². The Morgan fingerprint density at radius 2 is 2.07 bits per heavy atom. The van der Waals surface area contributed by atoms with Crippen molar-refractivity contribution in [1.29, 1.82) is 0 Å². The van der Waals surface area contributed by atoms with Gasteiger partial charge in [0.25, 0.3) is 0 Å². The maximum atomic E-state index is 11.9. The Bertz CT molecular complexity index is 189. The first-order valence-electron chi connectivity index (χ1n) is 6.43. The summed E-state index contributed by atoms with van der Waals surface area (Å²) in [6.45, 7) is 5.08. The van der Waals surface area contributed by atoms with Crippen LogP contribution in [0.1, 0.15) is 58.8 Å². The first-order chi connectivity index (χ1) is 7.29. The minimum absolute atomic E-state index is 0.205. The molecule has 2 unspecified atom stereocenters. The molecule has 1 heterocycles. The van der Waals surface area contributed by atoms with Crippen LogP contribution in [-0.4, -0.2) is 18.5 Å². The second-order valence-electron chi connectivity index (χ2n) is 4.49.